The lowest BCUT2D eigenvalue weighted by Gasteiger charge is -2.57. The Morgan fingerprint density at radius 3 is 2.30 bits per heavy atom. The van der Waals surface area contributed by atoms with Crippen molar-refractivity contribution in [3.63, 3.8) is 0 Å². The number of halogens is 2. The molecule has 0 aromatic heterocycles. The van der Waals surface area contributed by atoms with Crippen molar-refractivity contribution >= 4 is 68.2 Å². The Balaban J connectivity index is 0.00000386. The van der Waals surface area contributed by atoms with E-state index in [-0.39, 0.29) is 48.6 Å². The molecule has 0 unspecified atom stereocenters. The van der Waals surface area contributed by atoms with Gasteiger partial charge in [-0.05, 0) is 117 Å². The normalized spacial score (nSPS) is 26.8. The molecule has 1 aliphatic heterocycles. The molecule has 4 saturated carbocycles. The number of nitrogens with zero attached hydrogens (tertiary/aromatic N) is 2. The van der Waals surface area contributed by atoms with Crippen LogP contribution in [0, 0.1) is 23.2 Å². The molecule has 5 aliphatic rings. The molecule has 8 rings (SSSR count). The van der Waals surface area contributed by atoms with Gasteiger partial charge in [0.1, 0.15) is 11.8 Å². The van der Waals surface area contributed by atoms with Crippen molar-refractivity contribution in [3.05, 3.63) is 64.6 Å². The quantitative estimate of drug-likeness (QED) is 0.273. The van der Waals surface area contributed by atoms with Crippen LogP contribution in [0.4, 0.5) is 11.4 Å². The van der Waals surface area contributed by atoms with Crippen LogP contribution in [0.3, 0.4) is 0 Å². The summed E-state index contributed by atoms with van der Waals surface area (Å²) < 4.78 is 6.78. The summed E-state index contributed by atoms with van der Waals surface area (Å²) in [6, 6.07) is 16.2. The summed E-state index contributed by atoms with van der Waals surface area (Å²) in [4.78, 5) is 45.9. The Labute approximate surface area is 291 Å². The van der Waals surface area contributed by atoms with E-state index in [4.69, 9.17) is 4.74 Å². The lowest BCUT2D eigenvalue weighted by atomic mass is 9.49. The number of rotatable bonds is 8. The number of anilines is 2. The molecule has 3 amide bonds. The van der Waals surface area contributed by atoms with E-state index in [1.807, 2.05) is 54.6 Å². The van der Waals surface area contributed by atoms with Crippen LogP contribution in [0.25, 0.3) is 10.8 Å². The van der Waals surface area contributed by atoms with E-state index in [1.54, 1.807) is 30.9 Å². The van der Waals surface area contributed by atoms with E-state index < -0.39 is 12.1 Å². The second-order valence-corrected chi connectivity index (χ2v) is 15.1. The number of carbonyl (C=O) groups excluding carboxylic acids is 3. The maximum absolute atomic E-state index is 14.6. The van der Waals surface area contributed by atoms with Gasteiger partial charge in [0.25, 0.3) is 5.91 Å². The van der Waals surface area contributed by atoms with Crippen molar-refractivity contribution in [3.8, 4) is 5.75 Å². The van der Waals surface area contributed by atoms with Crippen LogP contribution in [0.5, 0.6) is 5.75 Å². The van der Waals surface area contributed by atoms with Crippen LogP contribution in [-0.4, -0.2) is 50.5 Å². The average molecular weight is 724 g/mol. The van der Waals surface area contributed by atoms with E-state index in [2.05, 4.69) is 26.6 Å². The molecule has 2 atom stereocenters. The molecule has 10 heteroatoms. The Kier molecular flexibility index (Phi) is 9.62. The predicted molar refractivity (Wildman–Crippen MR) is 191 cm³/mol. The molecule has 0 spiro atoms. The first-order valence-electron chi connectivity index (χ1n) is 16.6. The van der Waals surface area contributed by atoms with Crippen LogP contribution in [0.1, 0.15) is 57.4 Å². The van der Waals surface area contributed by atoms with Gasteiger partial charge >= 0.3 is 0 Å². The zero-order chi connectivity index (χ0) is 32.2. The number of methoxy groups -OCH3 is 1. The van der Waals surface area contributed by atoms with Crippen LogP contribution in [-0.2, 0) is 20.9 Å². The minimum Gasteiger partial charge on any atom is -0.496 e. The fourth-order valence-electron chi connectivity index (χ4n) is 9.30. The van der Waals surface area contributed by atoms with Crippen molar-refractivity contribution in [1.29, 1.82) is 0 Å². The maximum atomic E-state index is 14.6. The van der Waals surface area contributed by atoms with Crippen LogP contribution >= 0.6 is 28.3 Å². The van der Waals surface area contributed by atoms with Crippen molar-refractivity contribution in [2.24, 2.45) is 23.2 Å². The molecule has 3 aromatic rings. The van der Waals surface area contributed by atoms with Gasteiger partial charge in [-0.3, -0.25) is 14.4 Å². The number of fused-ring (bicyclic) bond motifs is 2. The molecule has 250 valence electrons. The SMILES string of the molecule is CN[C@@H](C)C(=O)N[C@H]1CN(C(=O)CC23CC4CC(CC(C4)C2)C3)c2ccccc2N(Cc2c(OC)ccc3cc(Br)ccc23)C1=O.Cl. The molecule has 0 radical (unpaired) electrons. The number of para-hydroxylation sites is 2. The van der Waals surface area contributed by atoms with Gasteiger partial charge in [-0.25, -0.2) is 0 Å². The van der Waals surface area contributed by atoms with E-state index in [1.165, 1.54) is 19.3 Å². The molecule has 3 aromatic carbocycles. The molecule has 4 fully saturated rings. The third-order valence-electron chi connectivity index (χ3n) is 11.1. The number of nitrogens with one attached hydrogen (secondary N) is 2. The smallest absolute Gasteiger partial charge is 0.251 e. The fraction of sp³-hybridized carbons (Fsp3) is 0.486. The van der Waals surface area contributed by atoms with Gasteiger partial charge in [-0.2, -0.15) is 0 Å². The first-order valence-corrected chi connectivity index (χ1v) is 17.4. The zero-order valence-electron chi connectivity index (χ0n) is 27.3. The summed E-state index contributed by atoms with van der Waals surface area (Å²) in [6.07, 6.45) is 7.81. The topological polar surface area (TPSA) is 91.0 Å². The lowest BCUT2D eigenvalue weighted by Crippen LogP contribution is -2.56. The van der Waals surface area contributed by atoms with Crippen molar-refractivity contribution in [2.75, 3.05) is 30.5 Å². The number of benzene rings is 3. The van der Waals surface area contributed by atoms with Gasteiger partial charge in [0.2, 0.25) is 11.8 Å². The second-order valence-electron chi connectivity index (χ2n) is 14.2. The Hall–Kier alpha value is -3.14. The third-order valence-corrected chi connectivity index (χ3v) is 11.6. The molecule has 0 saturated heterocycles. The standard InChI is InChI=1S/C37H43BrN4O4.ClH/c1-22(39-2)35(44)40-30-21-41(34(43)19-37-16-23-12-24(17-37)14-25(13-23)18-37)31-6-4-5-7-32(31)42(36(30)45)20-29-28-10-9-27(38)15-26(28)8-11-33(29)46-3;/h4-11,15,22-25,30,39H,12-14,16-21H2,1-3H3,(H,40,44);1H/t22-,23?,24?,25?,30-,37?;/m0./s1. The van der Waals surface area contributed by atoms with Gasteiger partial charge in [0.05, 0.1) is 37.6 Å². The fourth-order valence-corrected chi connectivity index (χ4v) is 9.68. The Morgan fingerprint density at radius 1 is 1.00 bits per heavy atom. The molecular formula is C37H44BrClN4O4. The van der Waals surface area contributed by atoms with Gasteiger partial charge < -0.3 is 25.2 Å². The van der Waals surface area contributed by atoms with E-state index >= 15 is 0 Å². The molecule has 4 bridgehead atoms. The first-order chi connectivity index (χ1) is 22.2. The number of carbonyl (C=O) groups is 3. The van der Waals surface area contributed by atoms with Crippen molar-refractivity contribution in [1.82, 2.24) is 10.6 Å². The highest BCUT2D eigenvalue weighted by atomic mass is 79.9. The van der Waals surface area contributed by atoms with Crippen molar-refractivity contribution < 1.29 is 19.1 Å². The minimum absolute atomic E-state index is 0. The minimum atomic E-state index is -0.925. The molecule has 1 heterocycles. The summed E-state index contributed by atoms with van der Waals surface area (Å²) in [7, 11) is 3.35. The molecule has 2 N–H and O–H groups in total. The summed E-state index contributed by atoms with van der Waals surface area (Å²) in [6.45, 7) is 2.06. The molecule has 47 heavy (non-hydrogen) atoms. The Bertz CT molecular complexity index is 1660. The number of hydrogen-bond donors (Lipinski definition) is 2. The highest BCUT2D eigenvalue weighted by Gasteiger charge is 2.52. The third kappa shape index (κ3) is 6.39. The summed E-state index contributed by atoms with van der Waals surface area (Å²) in [5.41, 5.74) is 2.25. The Morgan fingerprint density at radius 2 is 1.66 bits per heavy atom. The van der Waals surface area contributed by atoms with E-state index in [0.717, 1.165) is 57.8 Å². The van der Waals surface area contributed by atoms with Crippen LogP contribution in [0.2, 0.25) is 0 Å². The number of likely N-dealkylation sites (N-methyl/N-ethyl adjacent to an activating group) is 1. The molecule has 8 nitrogen and oxygen atoms in total. The highest BCUT2D eigenvalue weighted by molar-refractivity contribution is 9.10. The maximum Gasteiger partial charge on any atom is 0.251 e. The van der Waals surface area contributed by atoms with Gasteiger partial charge in [0.15, 0.2) is 0 Å². The van der Waals surface area contributed by atoms with E-state index in [9.17, 15) is 14.4 Å². The van der Waals surface area contributed by atoms with Crippen LogP contribution in [0.15, 0.2) is 59.1 Å². The number of hydrogen-bond acceptors (Lipinski definition) is 5. The largest absolute Gasteiger partial charge is 0.496 e. The van der Waals surface area contributed by atoms with Crippen molar-refractivity contribution in [2.45, 2.75) is 70.5 Å². The summed E-state index contributed by atoms with van der Waals surface area (Å²) >= 11 is 3.58. The highest BCUT2D eigenvalue weighted by Crippen LogP contribution is 2.61. The molecule has 4 aliphatic carbocycles. The number of ether oxygens (including phenoxy) is 1. The predicted octanol–water partition coefficient (Wildman–Crippen LogP) is 6.61. The molecular weight excluding hydrogens is 680 g/mol. The lowest BCUT2D eigenvalue weighted by molar-refractivity contribution is -0.129. The summed E-state index contributed by atoms with van der Waals surface area (Å²) in [5, 5.41) is 7.96. The average Bonchev–Trinajstić information content (AvgIpc) is 3.14. The summed E-state index contributed by atoms with van der Waals surface area (Å²) in [5.74, 6) is 2.37. The van der Waals surface area contributed by atoms with E-state index in [0.29, 0.717) is 23.5 Å². The zero-order valence-corrected chi connectivity index (χ0v) is 29.7. The second kappa shape index (κ2) is 13.4. The first kappa shape index (κ1) is 33.7. The monoisotopic (exact) mass is 722 g/mol. The van der Waals surface area contributed by atoms with Crippen LogP contribution < -0.4 is 25.2 Å². The number of amides is 3. The van der Waals surface area contributed by atoms with Gasteiger partial charge in [-0.1, -0.05) is 40.2 Å². The van der Waals surface area contributed by atoms with Gasteiger partial charge in [-0.15, -0.1) is 12.4 Å². The van der Waals surface area contributed by atoms with Gasteiger partial charge in [0, 0.05) is 16.5 Å².